The van der Waals surface area contributed by atoms with Crippen molar-refractivity contribution in [3.63, 3.8) is 0 Å². The first kappa shape index (κ1) is 17.7. The van der Waals surface area contributed by atoms with Crippen LogP contribution in [0.3, 0.4) is 0 Å². The molecule has 4 fully saturated rings. The molecule has 2 N–H and O–H groups in total. The summed E-state index contributed by atoms with van der Waals surface area (Å²) in [6.45, 7) is 5.55. The van der Waals surface area contributed by atoms with Gasteiger partial charge in [-0.2, -0.15) is 0 Å². The van der Waals surface area contributed by atoms with E-state index in [2.05, 4.69) is 13.8 Å². The predicted octanol–water partition coefficient (Wildman–Crippen LogP) is 4.63. The molecule has 26 heavy (non-hydrogen) atoms. The van der Waals surface area contributed by atoms with Crippen molar-refractivity contribution in [2.45, 2.75) is 84.0 Å². The summed E-state index contributed by atoms with van der Waals surface area (Å²) >= 11 is 0. The highest BCUT2D eigenvalue weighted by atomic mass is 16.8. The molecule has 4 aliphatic carbocycles. The van der Waals surface area contributed by atoms with E-state index in [-0.39, 0.29) is 0 Å². The standard InChI is InChI=1S/C23H36O3/c1-21-11-4-3-5-16(21)6-7-17-19-9-8-18(15-13-23(24,25)26-14-15)22(19,2)12-10-20(17)21/h13,16-20,24-25H,3-12,14H2,1-2H3/t16?,17-,18+,19-,20-,21-,22+/m0/s1. The van der Waals surface area contributed by atoms with Gasteiger partial charge in [0.2, 0.25) is 0 Å². The molecule has 0 bridgehead atoms. The van der Waals surface area contributed by atoms with E-state index in [9.17, 15) is 10.2 Å². The molecule has 146 valence electrons. The van der Waals surface area contributed by atoms with Gasteiger partial charge in [-0.05, 0) is 97.4 Å². The Hall–Kier alpha value is -0.380. The highest BCUT2D eigenvalue weighted by Crippen LogP contribution is 2.68. The maximum atomic E-state index is 9.81. The zero-order valence-corrected chi connectivity index (χ0v) is 16.5. The number of ether oxygens (including phenoxy) is 1. The lowest BCUT2D eigenvalue weighted by molar-refractivity contribution is -0.288. The van der Waals surface area contributed by atoms with Gasteiger partial charge in [0.05, 0.1) is 6.61 Å². The van der Waals surface area contributed by atoms with Gasteiger partial charge in [0.25, 0.3) is 5.97 Å². The highest BCUT2D eigenvalue weighted by Gasteiger charge is 2.60. The lowest BCUT2D eigenvalue weighted by atomic mass is 9.44. The molecule has 0 aromatic rings. The van der Waals surface area contributed by atoms with Gasteiger partial charge in [0, 0.05) is 6.08 Å². The fourth-order valence-electron chi connectivity index (χ4n) is 8.62. The van der Waals surface area contributed by atoms with Gasteiger partial charge in [0.1, 0.15) is 0 Å². The van der Waals surface area contributed by atoms with Crippen molar-refractivity contribution < 1.29 is 14.9 Å². The van der Waals surface area contributed by atoms with E-state index in [4.69, 9.17) is 4.74 Å². The summed E-state index contributed by atoms with van der Waals surface area (Å²) < 4.78 is 5.20. The van der Waals surface area contributed by atoms with Crippen molar-refractivity contribution >= 4 is 0 Å². The Morgan fingerprint density at radius 1 is 0.885 bits per heavy atom. The SMILES string of the molecule is C[C@]12CC[C@H]3[C@@H](CCC4CCCC[C@@]43C)[C@@H]1CC[C@@H]2C1=CC(O)(O)OC1. The molecule has 0 radical (unpaired) electrons. The van der Waals surface area contributed by atoms with E-state index in [1.807, 2.05) is 0 Å². The first-order valence-electron chi connectivity index (χ1n) is 11.1. The molecule has 0 saturated heterocycles. The predicted molar refractivity (Wildman–Crippen MR) is 101 cm³/mol. The fraction of sp³-hybridized carbons (Fsp3) is 0.913. The monoisotopic (exact) mass is 360 g/mol. The Morgan fingerprint density at radius 2 is 1.69 bits per heavy atom. The first-order chi connectivity index (χ1) is 12.3. The Kier molecular flexibility index (Phi) is 3.96. The van der Waals surface area contributed by atoms with Crippen LogP contribution >= 0.6 is 0 Å². The molecule has 0 aromatic carbocycles. The Bertz CT molecular complexity index is 611. The van der Waals surface area contributed by atoms with Gasteiger partial charge in [-0.25, -0.2) is 0 Å². The first-order valence-corrected chi connectivity index (χ1v) is 11.1. The van der Waals surface area contributed by atoms with Crippen molar-refractivity contribution in [1.29, 1.82) is 0 Å². The Labute approximate surface area is 158 Å². The van der Waals surface area contributed by atoms with Crippen molar-refractivity contribution in [2.24, 2.45) is 40.4 Å². The van der Waals surface area contributed by atoms with E-state index < -0.39 is 5.97 Å². The molecule has 5 rings (SSSR count). The number of aliphatic hydroxyl groups is 2. The number of rotatable bonds is 1. The minimum atomic E-state index is -2.03. The van der Waals surface area contributed by atoms with Crippen LogP contribution in [0.1, 0.15) is 78.1 Å². The minimum Gasteiger partial charge on any atom is -0.340 e. The van der Waals surface area contributed by atoms with E-state index in [0.717, 1.165) is 29.2 Å². The number of fused-ring (bicyclic) bond motifs is 5. The molecule has 3 nitrogen and oxygen atoms in total. The quantitative estimate of drug-likeness (QED) is 0.529. The summed E-state index contributed by atoms with van der Waals surface area (Å²) in [5, 5.41) is 19.6. The zero-order valence-electron chi connectivity index (χ0n) is 16.5. The highest BCUT2D eigenvalue weighted by molar-refractivity contribution is 5.22. The van der Waals surface area contributed by atoms with Crippen molar-refractivity contribution in [1.82, 2.24) is 0 Å². The van der Waals surface area contributed by atoms with Crippen LogP contribution < -0.4 is 0 Å². The average Bonchev–Trinajstić information content (AvgIpc) is 3.13. The maximum absolute atomic E-state index is 9.81. The van der Waals surface area contributed by atoms with E-state index >= 15 is 0 Å². The van der Waals surface area contributed by atoms with Crippen LogP contribution in [-0.2, 0) is 4.74 Å². The van der Waals surface area contributed by atoms with Crippen LogP contribution in [0.25, 0.3) is 0 Å². The second-order valence-electron chi connectivity index (χ2n) is 10.7. The second kappa shape index (κ2) is 5.81. The Balaban J connectivity index is 1.42. The lowest BCUT2D eigenvalue weighted by Gasteiger charge is -2.60. The minimum absolute atomic E-state index is 0.328. The van der Waals surface area contributed by atoms with E-state index in [1.165, 1.54) is 64.2 Å². The van der Waals surface area contributed by atoms with Gasteiger partial charge in [-0.3, -0.25) is 0 Å². The summed E-state index contributed by atoms with van der Waals surface area (Å²) in [5.74, 6) is 2.07. The molecule has 0 amide bonds. The normalized spacial score (nSPS) is 52.8. The molecule has 1 unspecified atom stereocenters. The van der Waals surface area contributed by atoms with Crippen LogP contribution in [-0.4, -0.2) is 22.8 Å². The molecule has 1 aliphatic heterocycles. The summed E-state index contributed by atoms with van der Waals surface area (Å²) in [5.41, 5.74) is 2.08. The van der Waals surface area contributed by atoms with E-state index in [0.29, 0.717) is 23.4 Å². The maximum Gasteiger partial charge on any atom is 0.300 e. The smallest absolute Gasteiger partial charge is 0.300 e. The number of hydrogen-bond acceptors (Lipinski definition) is 3. The fourth-order valence-corrected chi connectivity index (χ4v) is 8.62. The van der Waals surface area contributed by atoms with Gasteiger partial charge >= 0.3 is 0 Å². The van der Waals surface area contributed by atoms with Crippen molar-refractivity contribution in [2.75, 3.05) is 6.61 Å². The van der Waals surface area contributed by atoms with Gasteiger partial charge in [-0.15, -0.1) is 0 Å². The van der Waals surface area contributed by atoms with E-state index in [1.54, 1.807) is 6.08 Å². The van der Waals surface area contributed by atoms with Gasteiger partial charge in [0.15, 0.2) is 0 Å². The molecule has 0 spiro atoms. The molecule has 7 atom stereocenters. The molecule has 0 aromatic heterocycles. The topological polar surface area (TPSA) is 49.7 Å². The van der Waals surface area contributed by atoms with Gasteiger partial charge in [-0.1, -0.05) is 26.7 Å². The summed E-state index contributed by atoms with van der Waals surface area (Å²) in [6.07, 6.45) is 15.6. The van der Waals surface area contributed by atoms with Crippen LogP contribution in [0.2, 0.25) is 0 Å². The Morgan fingerprint density at radius 3 is 2.46 bits per heavy atom. The van der Waals surface area contributed by atoms with Gasteiger partial charge < -0.3 is 14.9 Å². The zero-order chi connectivity index (χ0) is 18.2. The van der Waals surface area contributed by atoms with Crippen molar-refractivity contribution in [3.8, 4) is 0 Å². The largest absolute Gasteiger partial charge is 0.340 e. The molecule has 1 heterocycles. The summed E-state index contributed by atoms with van der Waals surface area (Å²) in [7, 11) is 0. The average molecular weight is 361 g/mol. The molecule has 4 saturated carbocycles. The van der Waals surface area contributed by atoms with Crippen LogP contribution in [0.5, 0.6) is 0 Å². The number of hydrogen-bond donors (Lipinski definition) is 2. The third-order valence-corrected chi connectivity index (χ3v) is 9.86. The summed E-state index contributed by atoms with van der Waals surface area (Å²) in [6, 6.07) is 0. The molecular weight excluding hydrogens is 324 g/mol. The molecule has 5 aliphatic rings. The molecule has 3 heteroatoms. The van der Waals surface area contributed by atoms with Crippen molar-refractivity contribution in [3.05, 3.63) is 11.6 Å². The van der Waals surface area contributed by atoms with Crippen LogP contribution in [0.15, 0.2) is 11.6 Å². The molecular formula is C23H36O3. The second-order valence-corrected chi connectivity index (χ2v) is 10.7. The van der Waals surface area contributed by atoms with Crippen LogP contribution in [0, 0.1) is 40.4 Å². The third-order valence-electron chi connectivity index (χ3n) is 9.86. The third kappa shape index (κ3) is 2.42. The van der Waals surface area contributed by atoms with Crippen LogP contribution in [0.4, 0.5) is 0 Å². The lowest BCUT2D eigenvalue weighted by Crippen LogP contribution is -2.52. The summed E-state index contributed by atoms with van der Waals surface area (Å²) in [4.78, 5) is 0.